The fourth-order valence-corrected chi connectivity index (χ4v) is 2.49. The highest BCUT2D eigenvalue weighted by Crippen LogP contribution is 2.17. The zero-order valence-corrected chi connectivity index (χ0v) is 11.3. The molecule has 0 aliphatic carbocycles. The van der Waals surface area contributed by atoms with Gasteiger partial charge in [-0.2, -0.15) is 0 Å². The van der Waals surface area contributed by atoms with Crippen molar-refractivity contribution in [3.05, 3.63) is 0 Å². The van der Waals surface area contributed by atoms with E-state index >= 15 is 0 Å². The van der Waals surface area contributed by atoms with E-state index in [-0.39, 0.29) is 24.9 Å². The molecular formula is C10H20N2O4S. The summed E-state index contributed by atoms with van der Waals surface area (Å²) in [5.41, 5.74) is 5.39. The van der Waals surface area contributed by atoms with Gasteiger partial charge < -0.3 is 15.4 Å². The molecule has 0 aromatic heterocycles. The highest BCUT2D eigenvalue weighted by molar-refractivity contribution is 7.92. The number of carbonyl (C=O) groups excluding carboxylic acids is 1. The van der Waals surface area contributed by atoms with Crippen LogP contribution in [0.4, 0.5) is 4.79 Å². The van der Waals surface area contributed by atoms with Crippen molar-refractivity contribution in [1.29, 1.82) is 0 Å². The van der Waals surface area contributed by atoms with Crippen LogP contribution in [0, 0.1) is 0 Å². The van der Waals surface area contributed by atoms with E-state index in [2.05, 4.69) is 0 Å². The van der Waals surface area contributed by atoms with Crippen molar-refractivity contribution in [2.75, 3.05) is 25.4 Å². The minimum atomic E-state index is -3.21. The van der Waals surface area contributed by atoms with E-state index in [1.54, 1.807) is 20.8 Å². The summed E-state index contributed by atoms with van der Waals surface area (Å²) in [5, 5.41) is 0. The molecule has 1 rings (SSSR count). The molecule has 6 nitrogen and oxygen atoms in total. The Hall–Kier alpha value is -0.820. The smallest absolute Gasteiger partial charge is 0.410 e. The zero-order chi connectivity index (χ0) is 13.3. The van der Waals surface area contributed by atoms with Crippen molar-refractivity contribution in [1.82, 2.24) is 4.90 Å². The predicted molar refractivity (Wildman–Crippen MR) is 64.4 cm³/mol. The topological polar surface area (TPSA) is 89.7 Å². The lowest BCUT2D eigenvalue weighted by molar-refractivity contribution is 0.135. The minimum absolute atomic E-state index is 0.0527. The van der Waals surface area contributed by atoms with Crippen LogP contribution in [0.3, 0.4) is 0 Å². The lowest BCUT2D eigenvalue weighted by Crippen LogP contribution is -2.37. The Balaban J connectivity index is 2.56. The van der Waals surface area contributed by atoms with Gasteiger partial charge in [-0.1, -0.05) is 0 Å². The molecule has 2 N–H and O–H groups in total. The number of nitrogens with zero attached hydrogens (tertiary/aromatic N) is 1. The van der Waals surface area contributed by atoms with Crippen LogP contribution in [0.25, 0.3) is 0 Å². The first kappa shape index (κ1) is 14.2. The molecular weight excluding hydrogens is 244 g/mol. The van der Waals surface area contributed by atoms with Gasteiger partial charge in [-0.25, -0.2) is 13.2 Å². The number of hydrogen-bond acceptors (Lipinski definition) is 5. The van der Waals surface area contributed by atoms with E-state index in [9.17, 15) is 13.2 Å². The van der Waals surface area contributed by atoms with E-state index in [1.807, 2.05) is 0 Å². The van der Waals surface area contributed by atoms with Crippen molar-refractivity contribution in [3.8, 4) is 0 Å². The summed E-state index contributed by atoms with van der Waals surface area (Å²) in [7, 11) is -3.21. The first-order valence-corrected chi connectivity index (χ1v) is 7.20. The molecule has 1 aliphatic heterocycles. The number of sulfone groups is 1. The Bertz CT molecular complexity index is 386. The number of ether oxygens (including phenoxy) is 1. The first-order valence-electron chi connectivity index (χ1n) is 5.55. The van der Waals surface area contributed by atoms with Gasteiger partial charge in [-0.05, 0) is 20.8 Å². The molecule has 0 aromatic rings. The molecule has 0 bridgehead atoms. The molecule has 0 radical (unpaired) electrons. The summed E-state index contributed by atoms with van der Waals surface area (Å²) < 4.78 is 27.9. The Morgan fingerprint density at radius 1 is 1.47 bits per heavy atom. The van der Waals surface area contributed by atoms with Gasteiger partial charge in [0.1, 0.15) is 6.10 Å². The van der Waals surface area contributed by atoms with Crippen LogP contribution < -0.4 is 5.73 Å². The van der Waals surface area contributed by atoms with E-state index in [4.69, 9.17) is 10.5 Å². The normalized spacial score (nSPS) is 21.8. The van der Waals surface area contributed by atoms with Crippen molar-refractivity contribution >= 4 is 15.9 Å². The largest absolute Gasteiger partial charge is 0.443 e. The molecule has 0 aromatic carbocycles. The number of hydrogen-bond donors (Lipinski definition) is 1. The Morgan fingerprint density at radius 3 is 2.47 bits per heavy atom. The molecule has 0 saturated carbocycles. The van der Waals surface area contributed by atoms with Crippen molar-refractivity contribution in [2.45, 2.75) is 31.6 Å². The van der Waals surface area contributed by atoms with E-state index < -0.39 is 20.7 Å². The first-order chi connectivity index (χ1) is 7.67. The lowest BCUT2D eigenvalue weighted by Gasteiger charge is -2.21. The van der Waals surface area contributed by atoms with E-state index in [0.717, 1.165) is 0 Å². The second kappa shape index (κ2) is 4.81. The highest BCUT2D eigenvalue weighted by Gasteiger charge is 2.34. The summed E-state index contributed by atoms with van der Waals surface area (Å²) >= 11 is 0. The third-order valence-electron chi connectivity index (χ3n) is 2.78. The van der Waals surface area contributed by atoms with Crippen LogP contribution in [0.5, 0.6) is 0 Å². The van der Waals surface area contributed by atoms with Crippen LogP contribution in [-0.2, 0) is 14.6 Å². The molecule has 1 unspecified atom stereocenters. The molecule has 1 aliphatic rings. The maximum Gasteiger partial charge on any atom is 0.410 e. The molecule has 1 heterocycles. The number of amides is 1. The van der Waals surface area contributed by atoms with Crippen LogP contribution in [0.1, 0.15) is 20.8 Å². The Kier molecular flexibility index (Phi) is 4.03. The predicted octanol–water partition coefficient (Wildman–Crippen LogP) is -0.0208. The summed E-state index contributed by atoms with van der Waals surface area (Å²) in [4.78, 5) is 12.8. The Morgan fingerprint density at radius 2 is 2.06 bits per heavy atom. The molecule has 7 heteroatoms. The van der Waals surface area contributed by atoms with Crippen LogP contribution >= 0.6 is 0 Å². The Labute approximate surface area is 102 Å². The fourth-order valence-electron chi connectivity index (χ4n) is 1.42. The average molecular weight is 264 g/mol. The van der Waals surface area contributed by atoms with Crippen molar-refractivity contribution in [3.63, 3.8) is 0 Å². The third-order valence-corrected chi connectivity index (χ3v) is 5.36. The molecule has 0 spiro atoms. The quantitative estimate of drug-likeness (QED) is 0.770. The molecule has 100 valence electrons. The minimum Gasteiger partial charge on any atom is -0.443 e. The summed E-state index contributed by atoms with van der Waals surface area (Å²) in [6.45, 7) is 5.73. The summed E-state index contributed by atoms with van der Waals surface area (Å²) in [5.74, 6) is -0.0527. The molecule has 1 atom stereocenters. The lowest BCUT2D eigenvalue weighted by atomic mass is 10.3. The molecule has 1 fully saturated rings. The van der Waals surface area contributed by atoms with Crippen LogP contribution in [-0.4, -0.2) is 55.6 Å². The second-order valence-electron chi connectivity index (χ2n) is 5.12. The standard InChI is InChI=1S/C10H20N2O4S/c1-10(2,3)17(14,15)5-4-12-7-8(6-11)16-9(12)13/h8H,4-7,11H2,1-3H3. The van der Waals surface area contributed by atoms with Gasteiger partial charge in [0.25, 0.3) is 0 Å². The number of rotatable bonds is 4. The second-order valence-corrected chi connectivity index (χ2v) is 7.98. The zero-order valence-electron chi connectivity index (χ0n) is 10.5. The third kappa shape index (κ3) is 3.32. The number of cyclic esters (lactones) is 1. The van der Waals surface area contributed by atoms with Crippen LogP contribution in [0.2, 0.25) is 0 Å². The molecule has 17 heavy (non-hydrogen) atoms. The SMILES string of the molecule is CC(C)(C)S(=O)(=O)CCN1CC(CN)OC1=O. The van der Waals surface area contributed by atoms with Gasteiger partial charge in [0.15, 0.2) is 9.84 Å². The van der Waals surface area contributed by atoms with Gasteiger partial charge in [-0.3, -0.25) is 0 Å². The van der Waals surface area contributed by atoms with Crippen molar-refractivity contribution < 1.29 is 17.9 Å². The van der Waals surface area contributed by atoms with Gasteiger partial charge in [-0.15, -0.1) is 0 Å². The van der Waals surface area contributed by atoms with Gasteiger partial charge in [0.2, 0.25) is 0 Å². The highest BCUT2D eigenvalue weighted by atomic mass is 32.2. The van der Waals surface area contributed by atoms with Gasteiger partial charge in [0.05, 0.1) is 17.0 Å². The van der Waals surface area contributed by atoms with Crippen LogP contribution in [0.15, 0.2) is 0 Å². The summed E-state index contributed by atoms with van der Waals surface area (Å²) in [6, 6.07) is 0. The number of nitrogens with two attached hydrogens (primary N) is 1. The van der Waals surface area contributed by atoms with E-state index in [1.165, 1.54) is 4.90 Å². The molecule has 1 amide bonds. The number of carbonyl (C=O) groups is 1. The molecule has 1 saturated heterocycles. The van der Waals surface area contributed by atoms with Gasteiger partial charge in [0, 0.05) is 13.1 Å². The average Bonchev–Trinajstić information content (AvgIpc) is 2.55. The maximum absolute atomic E-state index is 11.9. The van der Waals surface area contributed by atoms with Gasteiger partial charge >= 0.3 is 6.09 Å². The maximum atomic E-state index is 11.9. The fraction of sp³-hybridized carbons (Fsp3) is 0.900. The summed E-state index contributed by atoms with van der Waals surface area (Å²) in [6.07, 6.45) is -0.801. The van der Waals surface area contributed by atoms with E-state index in [0.29, 0.717) is 6.54 Å². The monoisotopic (exact) mass is 264 g/mol. The van der Waals surface area contributed by atoms with Crippen molar-refractivity contribution in [2.24, 2.45) is 5.73 Å².